The number of pyridine rings is 1. The summed E-state index contributed by atoms with van der Waals surface area (Å²) >= 11 is 0. The van der Waals surface area contributed by atoms with E-state index in [0.29, 0.717) is 6.10 Å². The SMILES string of the molecule is CNCc1cc(OC2CCN(C)CC2)c2ccccc2n1. The van der Waals surface area contributed by atoms with Gasteiger partial charge in [0.25, 0.3) is 0 Å². The zero-order valence-corrected chi connectivity index (χ0v) is 12.8. The second-order valence-electron chi connectivity index (χ2n) is 5.78. The summed E-state index contributed by atoms with van der Waals surface area (Å²) in [6, 6.07) is 10.3. The maximum Gasteiger partial charge on any atom is 0.130 e. The zero-order chi connectivity index (χ0) is 14.7. The van der Waals surface area contributed by atoms with Gasteiger partial charge in [-0.25, -0.2) is 0 Å². The first kappa shape index (κ1) is 14.3. The number of ether oxygens (including phenoxy) is 1. The predicted molar refractivity (Wildman–Crippen MR) is 85.7 cm³/mol. The molecule has 1 aliphatic rings. The van der Waals surface area contributed by atoms with Crippen LogP contribution in [0, 0.1) is 0 Å². The van der Waals surface area contributed by atoms with Gasteiger partial charge in [-0.3, -0.25) is 4.98 Å². The van der Waals surface area contributed by atoms with Gasteiger partial charge in [-0.05, 0) is 39.1 Å². The molecule has 1 fully saturated rings. The molecule has 21 heavy (non-hydrogen) atoms. The molecule has 0 atom stereocenters. The summed E-state index contributed by atoms with van der Waals surface area (Å²) in [4.78, 5) is 7.04. The van der Waals surface area contributed by atoms with Crippen molar-refractivity contribution in [2.75, 3.05) is 27.2 Å². The molecule has 0 unspecified atom stereocenters. The second-order valence-corrected chi connectivity index (χ2v) is 5.78. The van der Waals surface area contributed by atoms with Crippen LogP contribution in [0.25, 0.3) is 10.9 Å². The van der Waals surface area contributed by atoms with Gasteiger partial charge in [0, 0.05) is 31.1 Å². The van der Waals surface area contributed by atoms with Gasteiger partial charge in [0.2, 0.25) is 0 Å². The number of benzene rings is 1. The molecule has 112 valence electrons. The number of aromatic nitrogens is 1. The number of nitrogens with zero attached hydrogens (tertiary/aromatic N) is 2. The first-order valence-electron chi connectivity index (χ1n) is 7.65. The van der Waals surface area contributed by atoms with Crippen LogP contribution >= 0.6 is 0 Å². The number of hydrogen-bond donors (Lipinski definition) is 1. The Labute approximate surface area is 126 Å². The summed E-state index contributed by atoms with van der Waals surface area (Å²) in [5, 5.41) is 4.27. The van der Waals surface area contributed by atoms with Gasteiger partial charge >= 0.3 is 0 Å². The summed E-state index contributed by atoms with van der Waals surface area (Å²) in [5.74, 6) is 0.973. The topological polar surface area (TPSA) is 37.4 Å². The Hall–Kier alpha value is -1.65. The number of piperidine rings is 1. The van der Waals surface area contributed by atoms with Crippen molar-refractivity contribution in [3.63, 3.8) is 0 Å². The van der Waals surface area contributed by atoms with E-state index in [1.165, 1.54) is 0 Å². The molecule has 2 heterocycles. The van der Waals surface area contributed by atoms with Crippen molar-refractivity contribution < 1.29 is 4.74 Å². The van der Waals surface area contributed by atoms with Gasteiger partial charge in [-0.1, -0.05) is 12.1 Å². The Morgan fingerprint density at radius 3 is 2.81 bits per heavy atom. The molecule has 0 amide bonds. The predicted octanol–water partition coefficient (Wildman–Crippen LogP) is 2.43. The first-order chi connectivity index (χ1) is 10.3. The molecule has 0 bridgehead atoms. The number of rotatable bonds is 4. The molecule has 1 aliphatic heterocycles. The van der Waals surface area contributed by atoms with Crippen molar-refractivity contribution in [3.05, 3.63) is 36.0 Å². The Morgan fingerprint density at radius 2 is 2.05 bits per heavy atom. The fourth-order valence-corrected chi connectivity index (χ4v) is 2.85. The largest absolute Gasteiger partial charge is 0.490 e. The molecule has 0 spiro atoms. The van der Waals surface area contributed by atoms with Crippen LogP contribution < -0.4 is 10.1 Å². The van der Waals surface area contributed by atoms with Crippen LogP contribution in [0.3, 0.4) is 0 Å². The van der Waals surface area contributed by atoms with Crippen LogP contribution in [0.1, 0.15) is 18.5 Å². The van der Waals surface area contributed by atoms with E-state index < -0.39 is 0 Å². The molecule has 1 saturated heterocycles. The van der Waals surface area contributed by atoms with E-state index in [2.05, 4.69) is 40.4 Å². The van der Waals surface area contributed by atoms with Crippen LogP contribution in [0.15, 0.2) is 30.3 Å². The Balaban J connectivity index is 1.88. The first-order valence-corrected chi connectivity index (χ1v) is 7.65. The molecule has 4 heteroatoms. The minimum atomic E-state index is 0.314. The lowest BCUT2D eigenvalue weighted by atomic mass is 10.1. The van der Waals surface area contributed by atoms with Crippen LogP contribution in [-0.2, 0) is 6.54 Å². The van der Waals surface area contributed by atoms with E-state index in [-0.39, 0.29) is 0 Å². The third-order valence-corrected chi connectivity index (χ3v) is 4.05. The van der Waals surface area contributed by atoms with Crippen molar-refractivity contribution in [3.8, 4) is 5.75 Å². The number of hydrogen-bond acceptors (Lipinski definition) is 4. The highest BCUT2D eigenvalue weighted by Crippen LogP contribution is 2.28. The zero-order valence-electron chi connectivity index (χ0n) is 12.8. The fourth-order valence-electron chi connectivity index (χ4n) is 2.85. The highest BCUT2D eigenvalue weighted by Gasteiger charge is 2.19. The molecule has 0 aliphatic carbocycles. The summed E-state index contributed by atoms with van der Waals surface area (Å²) in [5.41, 5.74) is 2.03. The average Bonchev–Trinajstić information content (AvgIpc) is 2.50. The van der Waals surface area contributed by atoms with Crippen molar-refractivity contribution in [2.24, 2.45) is 0 Å². The van der Waals surface area contributed by atoms with Gasteiger partial charge in [0.1, 0.15) is 11.9 Å². The third-order valence-electron chi connectivity index (χ3n) is 4.05. The van der Waals surface area contributed by atoms with E-state index in [1.807, 2.05) is 19.2 Å². The van der Waals surface area contributed by atoms with Crippen molar-refractivity contribution in [2.45, 2.75) is 25.5 Å². The number of nitrogens with one attached hydrogen (secondary N) is 1. The minimum absolute atomic E-state index is 0.314. The number of para-hydroxylation sites is 1. The molecule has 1 N–H and O–H groups in total. The molecular formula is C17H23N3O. The summed E-state index contributed by atoms with van der Waals surface area (Å²) in [6.45, 7) is 2.97. The van der Waals surface area contributed by atoms with Crippen LogP contribution in [0.2, 0.25) is 0 Å². The molecule has 3 rings (SSSR count). The van der Waals surface area contributed by atoms with Gasteiger partial charge in [0.15, 0.2) is 0 Å². The smallest absolute Gasteiger partial charge is 0.130 e. The highest BCUT2D eigenvalue weighted by molar-refractivity contribution is 5.85. The maximum atomic E-state index is 6.31. The number of likely N-dealkylation sites (tertiary alicyclic amines) is 1. The van der Waals surface area contributed by atoms with E-state index >= 15 is 0 Å². The Morgan fingerprint density at radius 1 is 1.29 bits per heavy atom. The fraction of sp³-hybridized carbons (Fsp3) is 0.471. The van der Waals surface area contributed by atoms with Gasteiger partial charge in [0.05, 0.1) is 11.2 Å². The Kier molecular flexibility index (Phi) is 4.36. The highest BCUT2D eigenvalue weighted by atomic mass is 16.5. The molecule has 1 aromatic heterocycles. The third kappa shape index (κ3) is 3.34. The molecule has 0 radical (unpaired) electrons. The quantitative estimate of drug-likeness (QED) is 0.936. The minimum Gasteiger partial charge on any atom is -0.490 e. The lowest BCUT2D eigenvalue weighted by Gasteiger charge is -2.29. The van der Waals surface area contributed by atoms with E-state index in [4.69, 9.17) is 4.74 Å². The molecule has 0 saturated carbocycles. The molecule has 4 nitrogen and oxygen atoms in total. The maximum absolute atomic E-state index is 6.31. The number of fused-ring (bicyclic) bond motifs is 1. The van der Waals surface area contributed by atoms with Crippen LogP contribution in [0.4, 0.5) is 0 Å². The van der Waals surface area contributed by atoms with Crippen LogP contribution in [0.5, 0.6) is 5.75 Å². The normalized spacial score (nSPS) is 17.2. The van der Waals surface area contributed by atoms with E-state index in [1.54, 1.807) is 0 Å². The Bertz CT molecular complexity index is 606. The van der Waals surface area contributed by atoms with Crippen molar-refractivity contribution in [1.29, 1.82) is 0 Å². The van der Waals surface area contributed by atoms with Crippen LogP contribution in [-0.4, -0.2) is 43.2 Å². The summed E-state index contributed by atoms with van der Waals surface area (Å²) in [7, 11) is 4.11. The van der Waals surface area contributed by atoms with Crippen molar-refractivity contribution >= 4 is 10.9 Å². The van der Waals surface area contributed by atoms with Gasteiger partial charge in [-0.2, -0.15) is 0 Å². The standard InChI is InChI=1S/C17H23N3O/c1-18-12-13-11-17(15-5-3-4-6-16(15)19-13)21-14-7-9-20(2)10-8-14/h3-6,11,14,18H,7-10,12H2,1-2H3. The van der Waals surface area contributed by atoms with E-state index in [0.717, 1.165) is 54.8 Å². The summed E-state index contributed by atoms with van der Waals surface area (Å²) < 4.78 is 6.31. The van der Waals surface area contributed by atoms with E-state index in [9.17, 15) is 0 Å². The molecular weight excluding hydrogens is 262 g/mol. The second kappa shape index (κ2) is 6.41. The lowest BCUT2D eigenvalue weighted by Crippen LogP contribution is -2.35. The van der Waals surface area contributed by atoms with Gasteiger partial charge in [-0.15, -0.1) is 0 Å². The van der Waals surface area contributed by atoms with Gasteiger partial charge < -0.3 is 15.0 Å². The monoisotopic (exact) mass is 285 g/mol. The summed E-state index contributed by atoms with van der Waals surface area (Å²) in [6.07, 6.45) is 2.50. The van der Waals surface area contributed by atoms with Crippen molar-refractivity contribution in [1.82, 2.24) is 15.2 Å². The molecule has 1 aromatic carbocycles. The average molecular weight is 285 g/mol. The lowest BCUT2D eigenvalue weighted by molar-refractivity contribution is 0.115. The molecule has 2 aromatic rings.